The number of halogens is 1. The molecule has 0 spiro atoms. The van der Waals surface area contributed by atoms with Crippen LogP contribution in [-0.4, -0.2) is 41.6 Å². The smallest absolute Gasteiger partial charge is 0.213 e. The highest BCUT2D eigenvalue weighted by atomic mass is 127. The Hall–Kier alpha value is -1.42. The van der Waals surface area contributed by atoms with Gasteiger partial charge in [0.2, 0.25) is 5.88 Å². The third kappa shape index (κ3) is 10.2. The molecule has 0 atom stereocenters. The van der Waals surface area contributed by atoms with Crippen LogP contribution in [0.3, 0.4) is 0 Å². The summed E-state index contributed by atoms with van der Waals surface area (Å²) in [5, 5.41) is 6.71. The summed E-state index contributed by atoms with van der Waals surface area (Å²) in [4.78, 5) is 9.03. The van der Waals surface area contributed by atoms with Gasteiger partial charge in [0, 0.05) is 37.5 Å². The lowest BCUT2D eigenvalue weighted by atomic mass is 10.2. The molecule has 0 aliphatic heterocycles. The molecule has 0 aliphatic rings. The van der Waals surface area contributed by atoms with Crippen LogP contribution in [-0.2, 0) is 13.0 Å². The number of thioether (sulfide) groups is 1. The highest BCUT2D eigenvalue weighted by Gasteiger charge is 2.12. The van der Waals surface area contributed by atoms with E-state index in [9.17, 15) is 0 Å². The van der Waals surface area contributed by atoms with E-state index >= 15 is 0 Å². The number of rotatable bonds is 9. The molecule has 2 aromatic rings. The summed E-state index contributed by atoms with van der Waals surface area (Å²) in [7, 11) is 0. The summed E-state index contributed by atoms with van der Waals surface area (Å²) < 4.78 is 11.1. The molecule has 2 rings (SSSR count). The number of guanidine groups is 1. The highest BCUT2D eigenvalue weighted by Crippen LogP contribution is 2.15. The van der Waals surface area contributed by atoms with E-state index in [2.05, 4.69) is 26.9 Å². The molecule has 28 heavy (non-hydrogen) atoms. The number of pyridine rings is 1. The topological polar surface area (TPSA) is 71.7 Å². The Labute approximate surface area is 189 Å². The molecular weight excluding hydrogens is 487 g/mol. The van der Waals surface area contributed by atoms with Crippen molar-refractivity contribution in [3.63, 3.8) is 0 Å². The molecule has 0 unspecified atom stereocenters. The van der Waals surface area contributed by atoms with Crippen molar-refractivity contribution in [1.82, 2.24) is 15.6 Å². The van der Waals surface area contributed by atoms with Gasteiger partial charge in [-0.15, -0.1) is 24.0 Å². The minimum absolute atomic E-state index is 0. The maximum Gasteiger partial charge on any atom is 0.213 e. The number of aromatic nitrogens is 1. The van der Waals surface area contributed by atoms with E-state index in [0.29, 0.717) is 12.4 Å². The first-order valence-electron chi connectivity index (χ1n) is 9.14. The molecule has 0 radical (unpaired) electrons. The number of hydrogen-bond acceptors (Lipinski definition) is 5. The molecule has 0 saturated carbocycles. The van der Waals surface area contributed by atoms with Crippen molar-refractivity contribution >= 4 is 41.7 Å². The van der Waals surface area contributed by atoms with Crippen molar-refractivity contribution in [2.45, 2.75) is 39.3 Å². The van der Waals surface area contributed by atoms with Gasteiger partial charge in [-0.3, -0.25) is 0 Å². The van der Waals surface area contributed by atoms with Gasteiger partial charge in [-0.05, 0) is 44.7 Å². The Morgan fingerprint density at radius 1 is 1.21 bits per heavy atom. The van der Waals surface area contributed by atoms with Gasteiger partial charge in [0.25, 0.3) is 0 Å². The second-order valence-corrected chi connectivity index (χ2v) is 8.05. The van der Waals surface area contributed by atoms with Crippen molar-refractivity contribution in [1.29, 1.82) is 0 Å². The second-order valence-electron chi connectivity index (χ2n) is 7.06. The van der Waals surface area contributed by atoms with Crippen LogP contribution in [0.5, 0.6) is 5.88 Å². The van der Waals surface area contributed by atoms with E-state index in [4.69, 9.17) is 9.15 Å². The van der Waals surface area contributed by atoms with Crippen LogP contribution in [0.2, 0.25) is 0 Å². The van der Waals surface area contributed by atoms with Crippen molar-refractivity contribution in [3.8, 4) is 5.88 Å². The van der Waals surface area contributed by atoms with E-state index in [1.807, 2.05) is 51.2 Å². The molecule has 0 aliphatic carbocycles. The molecule has 6 nitrogen and oxygen atoms in total. The van der Waals surface area contributed by atoms with Gasteiger partial charge in [0.15, 0.2) is 5.96 Å². The molecule has 2 heterocycles. The van der Waals surface area contributed by atoms with Gasteiger partial charge in [0.05, 0.1) is 12.8 Å². The predicted octanol–water partition coefficient (Wildman–Crippen LogP) is 4.11. The molecule has 0 amide bonds. The third-order valence-electron chi connectivity index (χ3n) is 3.47. The average molecular weight is 518 g/mol. The summed E-state index contributed by atoms with van der Waals surface area (Å²) in [5.74, 6) is 3.42. The maximum atomic E-state index is 5.75. The van der Waals surface area contributed by atoms with Gasteiger partial charge in [0.1, 0.15) is 11.4 Å². The lowest BCUT2D eigenvalue weighted by molar-refractivity contribution is 0.124. The fraction of sp³-hybridized carbons (Fsp3) is 0.500. The first kappa shape index (κ1) is 24.6. The zero-order valence-corrected chi connectivity index (χ0v) is 20.2. The average Bonchev–Trinajstić information content (AvgIpc) is 3.13. The molecule has 156 valence electrons. The number of ether oxygens (including phenoxy) is 1. The first-order valence-corrected chi connectivity index (χ1v) is 10.5. The van der Waals surface area contributed by atoms with Crippen molar-refractivity contribution in [2.24, 2.45) is 4.99 Å². The molecule has 0 aromatic carbocycles. The lowest BCUT2D eigenvalue weighted by Gasteiger charge is -2.20. The largest absolute Gasteiger partial charge is 0.472 e. The van der Waals surface area contributed by atoms with Gasteiger partial charge in [-0.2, -0.15) is 11.8 Å². The summed E-state index contributed by atoms with van der Waals surface area (Å²) in [6.07, 6.45) is 6.42. The van der Waals surface area contributed by atoms with Gasteiger partial charge >= 0.3 is 0 Å². The van der Waals surface area contributed by atoms with Crippen LogP contribution in [0, 0.1) is 0 Å². The van der Waals surface area contributed by atoms with Crippen LogP contribution >= 0.6 is 35.7 Å². The summed E-state index contributed by atoms with van der Waals surface area (Å²) in [6.45, 7) is 8.20. The fourth-order valence-electron chi connectivity index (χ4n) is 2.25. The Balaban J connectivity index is 0.00000392. The van der Waals surface area contributed by atoms with Crippen LogP contribution < -0.4 is 15.4 Å². The summed E-state index contributed by atoms with van der Waals surface area (Å²) >= 11 is 1.80. The Kier molecular flexibility index (Phi) is 11.4. The summed E-state index contributed by atoms with van der Waals surface area (Å²) in [5.41, 5.74) is 0.784. The SMILES string of the molecule is CSCCNC(=NCc1ccc(OC(C)(C)C)nc1)NCCc1ccco1.I. The number of furan rings is 1. The minimum atomic E-state index is -0.251. The Bertz CT molecular complexity index is 685. The third-order valence-corrected chi connectivity index (χ3v) is 4.08. The number of hydrogen-bond donors (Lipinski definition) is 2. The second kappa shape index (κ2) is 12.9. The van der Waals surface area contributed by atoms with E-state index < -0.39 is 0 Å². The van der Waals surface area contributed by atoms with Crippen LogP contribution in [0.1, 0.15) is 32.1 Å². The molecule has 0 bridgehead atoms. The van der Waals surface area contributed by atoms with Crippen LogP contribution in [0.25, 0.3) is 0 Å². The molecule has 0 saturated heterocycles. The van der Waals surface area contributed by atoms with Gasteiger partial charge < -0.3 is 19.8 Å². The quantitative estimate of drug-likeness (QED) is 0.225. The first-order chi connectivity index (χ1) is 13.0. The zero-order chi connectivity index (χ0) is 19.5. The zero-order valence-electron chi connectivity index (χ0n) is 17.0. The highest BCUT2D eigenvalue weighted by molar-refractivity contribution is 14.0. The molecular formula is C20H31IN4O2S. The van der Waals surface area contributed by atoms with Gasteiger partial charge in [-0.1, -0.05) is 6.07 Å². The fourth-order valence-corrected chi connectivity index (χ4v) is 2.56. The number of nitrogens with one attached hydrogen (secondary N) is 2. The maximum absolute atomic E-state index is 5.75. The van der Waals surface area contributed by atoms with Crippen LogP contribution in [0.15, 0.2) is 46.1 Å². The van der Waals surface area contributed by atoms with E-state index in [-0.39, 0.29) is 29.6 Å². The van der Waals surface area contributed by atoms with Gasteiger partial charge in [-0.25, -0.2) is 9.98 Å². The molecule has 0 fully saturated rings. The lowest BCUT2D eigenvalue weighted by Crippen LogP contribution is -2.39. The number of nitrogens with zero attached hydrogens (tertiary/aromatic N) is 2. The van der Waals surface area contributed by atoms with Crippen molar-refractivity contribution in [3.05, 3.63) is 48.0 Å². The van der Waals surface area contributed by atoms with Crippen LogP contribution in [0.4, 0.5) is 0 Å². The predicted molar refractivity (Wildman–Crippen MR) is 128 cm³/mol. The molecule has 2 N–H and O–H groups in total. The normalized spacial score (nSPS) is 11.6. The monoisotopic (exact) mass is 518 g/mol. The van der Waals surface area contributed by atoms with E-state index in [1.54, 1.807) is 18.0 Å². The Morgan fingerprint density at radius 3 is 2.61 bits per heavy atom. The van der Waals surface area contributed by atoms with Crippen molar-refractivity contribution < 1.29 is 9.15 Å². The number of aliphatic imine (C=N–C) groups is 1. The minimum Gasteiger partial charge on any atom is -0.472 e. The van der Waals surface area contributed by atoms with E-state index in [1.165, 1.54) is 0 Å². The summed E-state index contributed by atoms with van der Waals surface area (Å²) in [6, 6.07) is 7.77. The molecule has 2 aromatic heterocycles. The van der Waals surface area contributed by atoms with Crippen molar-refractivity contribution in [2.75, 3.05) is 25.1 Å². The van der Waals surface area contributed by atoms with E-state index in [0.717, 1.165) is 42.5 Å². The standard InChI is InChI=1S/C20H30N4O2S.HI/c1-20(2,3)26-18-8-7-16(14-23-18)15-24-19(22-11-13-27-4)21-10-9-17-6-5-12-25-17;/h5-8,12,14H,9-11,13,15H2,1-4H3,(H2,21,22,24);1H. The Morgan fingerprint density at radius 2 is 2.00 bits per heavy atom. The molecule has 8 heteroatoms.